The highest BCUT2D eigenvalue weighted by Gasteiger charge is 2.29. The molecule has 3 heterocycles. The van der Waals surface area contributed by atoms with Crippen molar-refractivity contribution in [1.29, 1.82) is 0 Å². The first-order valence-corrected chi connectivity index (χ1v) is 9.51. The molecule has 0 saturated carbocycles. The van der Waals surface area contributed by atoms with Crippen molar-refractivity contribution in [3.8, 4) is 0 Å². The Labute approximate surface area is 161 Å². The maximum atomic E-state index is 13.0. The molecule has 1 fully saturated rings. The fraction of sp³-hybridized carbons (Fsp3) is 0.273. The van der Waals surface area contributed by atoms with Crippen molar-refractivity contribution in [3.63, 3.8) is 0 Å². The second kappa shape index (κ2) is 6.41. The number of fused-ring (bicyclic) bond motifs is 2. The Hall–Kier alpha value is -3.28. The summed E-state index contributed by atoms with van der Waals surface area (Å²) in [5.41, 5.74) is 3.02. The Balaban J connectivity index is 1.38. The zero-order valence-corrected chi connectivity index (χ0v) is 15.6. The molecule has 1 aliphatic heterocycles. The van der Waals surface area contributed by atoms with Crippen molar-refractivity contribution in [3.05, 3.63) is 70.4 Å². The van der Waals surface area contributed by atoms with E-state index >= 15 is 0 Å². The van der Waals surface area contributed by atoms with Crippen LogP contribution >= 0.6 is 0 Å². The van der Waals surface area contributed by atoms with E-state index in [1.807, 2.05) is 54.3 Å². The first-order valence-electron chi connectivity index (χ1n) is 9.51. The smallest absolute Gasteiger partial charge is 0.420 e. The molecule has 2 aromatic heterocycles. The maximum Gasteiger partial charge on any atom is 0.420 e. The zero-order chi connectivity index (χ0) is 19.3. The van der Waals surface area contributed by atoms with E-state index in [1.165, 1.54) is 0 Å². The molecule has 2 aromatic carbocycles. The van der Waals surface area contributed by atoms with Gasteiger partial charge in [-0.05, 0) is 38.0 Å². The van der Waals surface area contributed by atoms with Gasteiger partial charge >= 0.3 is 5.76 Å². The largest absolute Gasteiger partial charge is 0.451 e. The molecule has 4 aromatic rings. The number of likely N-dealkylation sites (tertiary alicyclic amines) is 1. The van der Waals surface area contributed by atoms with Crippen molar-refractivity contribution in [2.24, 2.45) is 0 Å². The highest BCUT2D eigenvalue weighted by molar-refractivity contribution is 5.99. The van der Waals surface area contributed by atoms with E-state index in [2.05, 4.69) is 0 Å². The number of nitrogens with zero attached hydrogens (tertiary/aromatic N) is 2. The van der Waals surface area contributed by atoms with Crippen LogP contribution in [0.3, 0.4) is 0 Å². The third-order valence-corrected chi connectivity index (χ3v) is 5.67. The number of aryl methyl sites for hydroxylation is 1. The van der Waals surface area contributed by atoms with Crippen molar-refractivity contribution in [2.45, 2.75) is 25.8 Å². The van der Waals surface area contributed by atoms with E-state index in [0.29, 0.717) is 37.3 Å². The molecule has 0 atom stereocenters. The second-order valence-corrected chi connectivity index (χ2v) is 7.28. The van der Waals surface area contributed by atoms with Crippen molar-refractivity contribution in [1.82, 2.24) is 9.47 Å². The minimum absolute atomic E-state index is 0.0250. The summed E-state index contributed by atoms with van der Waals surface area (Å²) in [7, 11) is 0. The highest BCUT2D eigenvalue weighted by atomic mass is 16.4. The number of rotatable bonds is 2. The number of amides is 1. The number of para-hydroxylation sites is 3. The lowest BCUT2D eigenvalue weighted by atomic mass is 10.0. The lowest BCUT2D eigenvalue weighted by Crippen LogP contribution is -2.40. The fourth-order valence-electron chi connectivity index (χ4n) is 4.18. The fourth-order valence-corrected chi connectivity index (χ4v) is 4.18. The molecule has 0 spiro atoms. The molecule has 1 amide bonds. The Kier molecular flexibility index (Phi) is 3.86. The summed E-state index contributed by atoms with van der Waals surface area (Å²) in [6, 6.07) is 15.2. The third-order valence-electron chi connectivity index (χ3n) is 5.67. The van der Waals surface area contributed by atoms with Crippen LogP contribution in [0.4, 0.5) is 0 Å². The first kappa shape index (κ1) is 16.9. The van der Waals surface area contributed by atoms with Crippen LogP contribution in [0.15, 0.2) is 62.2 Å². The summed E-state index contributed by atoms with van der Waals surface area (Å²) in [6.45, 7) is 3.07. The van der Waals surface area contributed by atoms with E-state index in [1.54, 1.807) is 10.6 Å². The number of carbonyl (C=O) groups excluding carboxylic acids is 1. The number of aromatic nitrogens is 1. The minimum atomic E-state index is -0.334. The van der Waals surface area contributed by atoms with E-state index in [9.17, 15) is 9.59 Å². The van der Waals surface area contributed by atoms with Crippen molar-refractivity contribution >= 4 is 28.0 Å². The molecule has 1 aliphatic rings. The van der Waals surface area contributed by atoms with E-state index in [-0.39, 0.29) is 17.7 Å². The number of benzene rings is 2. The van der Waals surface area contributed by atoms with Gasteiger partial charge in [0.25, 0.3) is 5.91 Å². The molecule has 6 heteroatoms. The Bertz CT molecular complexity index is 1240. The first-order chi connectivity index (χ1) is 13.6. The predicted octanol–water partition coefficient (Wildman–Crippen LogP) is 4.13. The average molecular weight is 376 g/mol. The molecule has 1 saturated heterocycles. The lowest BCUT2D eigenvalue weighted by Gasteiger charge is -2.31. The Morgan fingerprint density at radius 2 is 1.64 bits per heavy atom. The molecule has 5 rings (SSSR count). The van der Waals surface area contributed by atoms with Crippen LogP contribution in [-0.2, 0) is 0 Å². The zero-order valence-electron chi connectivity index (χ0n) is 15.6. The van der Waals surface area contributed by atoms with E-state index in [0.717, 1.165) is 22.0 Å². The van der Waals surface area contributed by atoms with Gasteiger partial charge in [-0.15, -0.1) is 0 Å². The predicted molar refractivity (Wildman–Crippen MR) is 106 cm³/mol. The van der Waals surface area contributed by atoms with Gasteiger partial charge in [-0.3, -0.25) is 9.36 Å². The maximum absolute atomic E-state index is 13.0. The molecule has 28 heavy (non-hydrogen) atoms. The van der Waals surface area contributed by atoms with Crippen molar-refractivity contribution < 1.29 is 13.6 Å². The Morgan fingerprint density at radius 1 is 0.964 bits per heavy atom. The molecular formula is C22H20N2O4. The van der Waals surface area contributed by atoms with Crippen LogP contribution in [0.2, 0.25) is 0 Å². The number of carbonyl (C=O) groups is 1. The van der Waals surface area contributed by atoms with Crippen LogP contribution in [-0.4, -0.2) is 28.5 Å². The monoisotopic (exact) mass is 376 g/mol. The van der Waals surface area contributed by atoms with Crippen LogP contribution in [0.25, 0.3) is 22.1 Å². The Morgan fingerprint density at radius 3 is 2.39 bits per heavy atom. The van der Waals surface area contributed by atoms with Crippen molar-refractivity contribution in [2.75, 3.05) is 13.1 Å². The topological polar surface area (TPSA) is 68.6 Å². The molecule has 0 aliphatic carbocycles. The minimum Gasteiger partial charge on any atom is -0.451 e. The molecule has 0 unspecified atom stereocenters. The molecule has 0 bridgehead atoms. The number of oxazole rings is 1. The van der Waals surface area contributed by atoms with E-state index < -0.39 is 0 Å². The van der Waals surface area contributed by atoms with Gasteiger partial charge in [-0.25, -0.2) is 4.79 Å². The van der Waals surface area contributed by atoms with Gasteiger partial charge in [0.15, 0.2) is 11.3 Å². The average Bonchev–Trinajstić information content (AvgIpc) is 3.24. The standard InChI is InChI=1S/C22H20N2O4/c1-14-16-6-2-4-8-18(16)27-20(14)21(25)23-12-10-15(11-13-23)24-17-7-3-5-9-19(17)28-22(24)26/h2-9,15H,10-13H2,1H3. The summed E-state index contributed by atoms with van der Waals surface area (Å²) in [4.78, 5) is 27.1. The highest BCUT2D eigenvalue weighted by Crippen LogP contribution is 2.29. The molecule has 6 nitrogen and oxygen atoms in total. The van der Waals surface area contributed by atoms with Crippen LogP contribution in [0, 0.1) is 6.92 Å². The summed E-state index contributed by atoms with van der Waals surface area (Å²) < 4.78 is 12.9. The van der Waals surface area contributed by atoms with Gasteiger partial charge in [-0.2, -0.15) is 0 Å². The summed E-state index contributed by atoms with van der Waals surface area (Å²) in [6.07, 6.45) is 1.41. The van der Waals surface area contributed by atoms with Gasteiger partial charge < -0.3 is 13.7 Å². The van der Waals surface area contributed by atoms with Gasteiger partial charge in [-0.1, -0.05) is 30.3 Å². The number of piperidine rings is 1. The summed E-state index contributed by atoms with van der Waals surface area (Å²) >= 11 is 0. The van der Waals surface area contributed by atoms with Gasteiger partial charge in [0.1, 0.15) is 5.58 Å². The second-order valence-electron chi connectivity index (χ2n) is 7.28. The van der Waals surface area contributed by atoms with E-state index in [4.69, 9.17) is 8.83 Å². The van der Waals surface area contributed by atoms with Gasteiger partial charge in [0, 0.05) is 30.1 Å². The van der Waals surface area contributed by atoms with Crippen LogP contribution in [0.1, 0.15) is 35.0 Å². The molecule has 0 radical (unpaired) electrons. The SMILES string of the molecule is Cc1c(C(=O)N2CCC(n3c(=O)oc4ccccc43)CC2)oc2ccccc12. The van der Waals surface area contributed by atoms with Gasteiger partial charge in [0.05, 0.1) is 5.52 Å². The number of hydrogen-bond acceptors (Lipinski definition) is 4. The van der Waals surface area contributed by atoms with Crippen LogP contribution < -0.4 is 5.76 Å². The lowest BCUT2D eigenvalue weighted by molar-refractivity contribution is 0.0663. The number of furan rings is 1. The van der Waals surface area contributed by atoms with Gasteiger partial charge in [0.2, 0.25) is 0 Å². The normalized spacial score (nSPS) is 15.5. The summed E-state index contributed by atoms with van der Waals surface area (Å²) in [5, 5.41) is 0.970. The number of hydrogen-bond donors (Lipinski definition) is 0. The summed E-state index contributed by atoms with van der Waals surface area (Å²) in [5.74, 6) is -0.0127. The molecule has 0 N–H and O–H groups in total. The molecule has 142 valence electrons. The quantitative estimate of drug-likeness (QED) is 0.528. The molecular weight excluding hydrogens is 356 g/mol. The van der Waals surface area contributed by atoms with Crippen LogP contribution in [0.5, 0.6) is 0 Å². The third kappa shape index (κ3) is 2.56.